The van der Waals surface area contributed by atoms with E-state index in [0.717, 1.165) is 0 Å². The van der Waals surface area contributed by atoms with E-state index in [0.29, 0.717) is 37.9 Å². The highest BCUT2D eigenvalue weighted by Crippen LogP contribution is 2.30. The number of benzene rings is 1. The Kier molecular flexibility index (Phi) is 9.34. The molecule has 3 fully saturated rings. The number of nitrogens with zero attached hydrogens (tertiary/aromatic N) is 2. The number of likely N-dealkylation sites (tertiary alicyclic amines) is 1. The highest BCUT2D eigenvalue weighted by Gasteiger charge is 2.46. The lowest BCUT2D eigenvalue weighted by Crippen LogP contribution is -2.61. The fourth-order valence-corrected chi connectivity index (χ4v) is 5.96. The summed E-state index contributed by atoms with van der Waals surface area (Å²) in [6, 6.07) is 6.95. The number of rotatable bonds is 3. The van der Waals surface area contributed by atoms with E-state index >= 15 is 0 Å². The largest absolute Gasteiger partial charge is 0.356 e. The molecule has 3 aliphatic heterocycles. The van der Waals surface area contributed by atoms with E-state index in [9.17, 15) is 28.4 Å². The van der Waals surface area contributed by atoms with E-state index in [2.05, 4.69) is 16.0 Å². The lowest BCUT2D eigenvalue weighted by molar-refractivity contribution is -0.142. The summed E-state index contributed by atoms with van der Waals surface area (Å²) in [5.74, 6) is -1.67. The molecule has 3 aliphatic rings. The zero-order chi connectivity index (χ0) is 29.8. The van der Waals surface area contributed by atoms with E-state index in [1.165, 1.54) is 4.90 Å². The van der Waals surface area contributed by atoms with Crippen molar-refractivity contribution in [2.24, 2.45) is 5.41 Å². The van der Waals surface area contributed by atoms with E-state index in [1.807, 2.05) is 26.8 Å². The Morgan fingerprint density at radius 3 is 2.44 bits per heavy atom. The number of carbonyl (C=O) groups is 5. The van der Waals surface area contributed by atoms with Gasteiger partial charge in [0, 0.05) is 44.5 Å². The number of fused-ring (bicyclic) bond motifs is 1. The highest BCUT2D eigenvalue weighted by molar-refractivity contribution is 5.95. The fraction of sp³-hybridized carbons (Fsp3) is 0.633. The topological polar surface area (TPSA) is 128 Å². The third-order valence-corrected chi connectivity index (χ3v) is 8.07. The molecule has 41 heavy (non-hydrogen) atoms. The third-order valence-electron chi connectivity index (χ3n) is 8.07. The molecular weight excluding hydrogens is 529 g/mol. The molecule has 0 radical (unpaired) electrons. The average Bonchev–Trinajstić information content (AvgIpc) is 3.31. The molecule has 1 aromatic rings. The lowest BCUT2D eigenvalue weighted by atomic mass is 9.83. The van der Waals surface area contributed by atoms with Crippen molar-refractivity contribution in [1.82, 2.24) is 25.8 Å². The molecule has 0 aromatic heterocycles. The average molecular weight is 572 g/mol. The lowest BCUT2D eigenvalue weighted by Gasteiger charge is -2.43. The molecule has 3 heterocycles. The first kappa shape index (κ1) is 30.5. The number of alkyl halides is 1. The van der Waals surface area contributed by atoms with Crippen molar-refractivity contribution in [2.45, 2.75) is 89.5 Å². The first-order valence-corrected chi connectivity index (χ1v) is 14.5. The van der Waals surface area contributed by atoms with Gasteiger partial charge in [0.1, 0.15) is 18.3 Å². The summed E-state index contributed by atoms with van der Waals surface area (Å²) >= 11 is 0. The molecule has 0 bridgehead atoms. The van der Waals surface area contributed by atoms with Gasteiger partial charge in [-0.25, -0.2) is 4.39 Å². The summed E-state index contributed by atoms with van der Waals surface area (Å²) in [5.41, 5.74) is -0.662. The SMILES string of the molecule is CC(C)(C)CC(=O)N[C@H]1CCCNC(=O)CC2(CCN(C(=O)c3ccccc3)CC2)NC(=O)[C@@H]2C[C@H](F)CN2C1=O. The molecule has 3 N–H and O–H groups in total. The zero-order valence-corrected chi connectivity index (χ0v) is 24.2. The van der Waals surface area contributed by atoms with Crippen molar-refractivity contribution in [3.8, 4) is 0 Å². The van der Waals surface area contributed by atoms with Crippen LogP contribution in [0.5, 0.6) is 0 Å². The van der Waals surface area contributed by atoms with Crippen LogP contribution in [0.25, 0.3) is 0 Å². The predicted molar refractivity (Wildman–Crippen MR) is 150 cm³/mol. The number of halogens is 1. The van der Waals surface area contributed by atoms with Crippen molar-refractivity contribution in [3.63, 3.8) is 0 Å². The minimum absolute atomic E-state index is 0.0115. The van der Waals surface area contributed by atoms with Crippen LogP contribution in [0.1, 0.15) is 76.1 Å². The molecule has 3 atom stereocenters. The Morgan fingerprint density at radius 2 is 1.78 bits per heavy atom. The molecule has 0 unspecified atom stereocenters. The number of nitrogens with one attached hydrogen (secondary N) is 3. The number of hydrogen-bond acceptors (Lipinski definition) is 5. The van der Waals surface area contributed by atoms with E-state index in [4.69, 9.17) is 0 Å². The Morgan fingerprint density at radius 1 is 1.10 bits per heavy atom. The first-order valence-electron chi connectivity index (χ1n) is 14.5. The molecule has 5 amide bonds. The molecule has 10 nitrogen and oxygen atoms in total. The minimum atomic E-state index is -1.38. The zero-order valence-electron chi connectivity index (χ0n) is 24.2. The first-order chi connectivity index (χ1) is 19.4. The van der Waals surface area contributed by atoms with Crippen LogP contribution in [0.15, 0.2) is 30.3 Å². The van der Waals surface area contributed by atoms with E-state index < -0.39 is 35.6 Å². The number of carbonyl (C=O) groups excluding carboxylic acids is 5. The minimum Gasteiger partial charge on any atom is -0.356 e. The maximum Gasteiger partial charge on any atom is 0.253 e. The van der Waals surface area contributed by atoms with Crippen LogP contribution < -0.4 is 16.0 Å². The molecule has 1 spiro atoms. The number of hydrogen-bond donors (Lipinski definition) is 3. The van der Waals surface area contributed by atoms with Gasteiger partial charge in [-0.2, -0.15) is 0 Å². The summed E-state index contributed by atoms with van der Waals surface area (Å²) in [6.45, 7) is 6.48. The van der Waals surface area contributed by atoms with E-state index in [-0.39, 0.29) is 61.9 Å². The van der Waals surface area contributed by atoms with Gasteiger partial charge in [0.05, 0.1) is 12.1 Å². The summed E-state index contributed by atoms with van der Waals surface area (Å²) < 4.78 is 14.7. The molecule has 0 saturated carbocycles. The maximum atomic E-state index is 14.7. The second kappa shape index (κ2) is 12.6. The van der Waals surface area contributed by atoms with Crippen LogP contribution in [0, 0.1) is 5.41 Å². The van der Waals surface area contributed by atoms with Gasteiger partial charge in [-0.15, -0.1) is 0 Å². The Labute approximate surface area is 240 Å². The second-order valence-electron chi connectivity index (χ2n) is 12.8. The van der Waals surface area contributed by atoms with Crippen LogP contribution in [0.2, 0.25) is 0 Å². The van der Waals surface area contributed by atoms with Crippen LogP contribution in [-0.4, -0.2) is 89.3 Å². The highest BCUT2D eigenvalue weighted by atomic mass is 19.1. The van der Waals surface area contributed by atoms with Gasteiger partial charge in [0.15, 0.2) is 0 Å². The Bertz CT molecular complexity index is 1150. The van der Waals surface area contributed by atoms with Gasteiger partial charge in [-0.1, -0.05) is 39.0 Å². The van der Waals surface area contributed by atoms with Gasteiger partial charge in [0.25, 0.3) is 5.91 Å². The second-order valence-corrected chi connectivity index (χ2v) is 12.8. The Balaban J connectivity index is 1.52. The van der Waals surface area contributed by atoms with Crippen molar-refractivity contribution in [3.05, 3.63) is 35.9 Å². The monoisotopic (exact) mass is 571 g/mol. The molecule has 1 aromatic carbocycles. The summed E-state index contributed by atoms with van der Waals surface area (Å²) in [7, 11) is 0. The summed E-state index contributed by atoms with van der Waals surface area (Å²) in [6.07, 6.45) is 0.0417. The predicted octanol–water partition coefficient (Wildman–Crippen LogP) is 1.94. The standard InChI is InChI=1S/C30H42FN5O5/c1-29(2,3)17-25(38)33-22-10-7-13-32-24(37)18-30(34-26(39)23-16-21(31)19-36(23)28(22)41)11-14-35(15-12-30)27(40)20-8-5-4-6-9-20/h4-6,8-9,21-23H,7,10-19H2,1-3H3,(H,32,37)(H,33,38)(H,34,39)/t21-,22-,23-/m0/s1. The Hall–Kier alpha value is -3.50. The van der Waals surface area contributed by atoms with Crippen LogP contribution in [-0.2, 0) is 19.2 Å². The van der Waals surface area contributed by atoms with E-state index in [1.54, 1.807) is 29.2 Å². The van der Waals surface area contributed by atoms with Crippen molar-refractivity contribution < 1.29 is 28.4 Å². The van der Waals surface area contributed by atoms with Gasteiger partial charge < -0.3 is 25.8 Å². The van der Waals surface area contributed by atoms with Crippen LogP contribution in [0.3, 0.4) is 0 Å². The van der Waals surface area contributed by atoms with Crippen molar-refractivity contribution in [2.75, 3.05) is 26.2 Å². The summed E-state index contributed by atoms with van der Waals surface area (Å²) in [5, 5.41) is 8.69. The quantitative estimate of drug-likeness (QED) is 0.511. The molecular formula is C30H42FN5O5. The van der Waals surface area contributed by atoms with Gasteiger partial charge >= 0.3 is 0 Å². The van der Waals surface area contributed by atoms with Gasteiger partial charge in [0.2, 0.25) is 23.6 Å². The number of amides is 5. The van der Waals surface area contributed by atoms with Gasteiger partial charge in [-0.05, 0) is 43.2 Å². The molecule has 4 rings (SSSR count). The summed E-state index contributed by atoms with van der Waals surface area (Å²) in [4.78, 5) is 69.0. The molecule has 0 aliphatic carbocycles. The smallest absolute Gasteiger partial charge is 0.253 e. The third kappa shape index (κ3) is 7.83. The maximum absolute atomic E-state index is 14.7. The molecule has 11 heteroatoms. The van der Waals surface area contributed by atoms with Crippen LogP contribution >= 0.6 is 0 Å². The number of piperidine rings is 1. The fourth-order valence-electron chi connectivity index (χ4n) is 5.96. The molecule has 224 valence electrons. The normalized spacial score (nSPS) is 25.8. The van der Waals surface area contributed by atoms with Gasteiger partial charge in [-0.3, -0.25) is 24.0 Å². The van der Waals surface area contributed by atoms with Crippen molar-refractivity contribution in [1.29, 1.82) is 0 Å². The van der Waals surface area contributed by atoms with Crippen LogP contribution in [0.4, 0.5) is 4.39 Å². The molecule has 3 saturated heterocycles. The van der Waals surface area contributed by atoms with Crippen molar-refractivity contribution >= 4 is 29.5 Å².